The number of carbonyl (C=O) groups excluding carboxylic acids is 4. The van der Waals surface area contributed by atoms with E-state index in [-0.39, 0.29) is 54.6 Å². The molecule has 0 bridgehead atoms. The Morgan fingerprint density at radius 3 is 2.70 bits per heavy atom. The monoisotopic (exact) mass is 423 g/mol. The van der Waals surface area contributed by atoms with Crippen LogP contribution in [-0.4, -0.2) is 62.1 Å². The van der Waals surface area contributed by atoms with Crippen molar-refractivity contribution in [2.75, 3.05) is 19.8 Å². The number of aldehydes is 1. The molecule has 3 N–H and O–H groups in total. The lowest BCUT2D eigenvalue weighted by atomic mass is 9.90. The van der Waals surface area contributed by atoms with Gasteiger partial charge >= 0.3 is 0 Å². The van der Waals surface area contributed by atoms with Gasteiger partial charge in [-0.2, -0.15) is 0 Å². The molecule has 30 heavy (non-hydrogen) atoms. The second-order valence-electron chi connectivity index (χ2n) is 9.00. The van der Waals surface area contributed by atoms with Crippen LogP contribution < -0.4 is 16.0 Å². The topological polar surface area (TPSA) is 123 Å². The fraction of sp³-hybridized carbons (Fsp3) is 0.810. The van der Waals surface area contributed by atoms with Crippen LogP contribution in [0.5, 0.6) is 0 Å². The van der Waals surface area contributed by atoms with E-state index in [4.69, 9.17) is 9.47 Å². The van der Waals surface area contributed by atoms with Gasteiger partial charge in [0.15, 0.2) is 6.29 Å². The average molecular weight is 424 g/mol. The highest BCUT2D eigenvalue weighted by atomic mass is 16.7. The minimum absolute atomic E-state index is 0.0869. The third-order valence-electron chi connectivity index (χ3n) is 6.16. The number of carbonyl (C=O) groups is 4. The Bertz CT molecular complexity index is 655. The van der Waals surface area contributed by atoms with Gasteiger partial charge in [0.1, 0.15) is 12.3 Å². The first-order valence-corrected chi connectivity index (χ1v) is 10.9. The third kappa shape index (κ3) is 5.78. The highest BCUT2D eigenvalue weighted by Crippen LogP contribution is 2.37. The van der Waals surface area contributed by atoms with Crippen LogP contribution in [0.15, 0.2) is 0 Å². The van der Waals surface area contributed by atoms with E-state index in [1.54, 1.807) is 0 Å². The van der Waals surface area contributed by atoms with Crippen LogP contribution in [0.1, 0.15) is 46.0 Å². The van der Waals surface area contributed by atoms with Crippen LogP contribution in [0.2, 0.25) is 0 Å². The number of rotatable bonds is 10. The Kier molecular flexibility index (Phi) is 7.82. The average Bonchev–Trinajstić information content (AvgIpc) is 3.40. The van der Waals surface area contributed by atoms with Gasteiger partial charge in [-0.3, -0.25) is 14.4 Å². The molecule has 0 aromatic carbocycles. The zero-order valence-electron chi connectivity index (χ0n) is 17.7. The largest absolute Gasteiger partial charge is 0.356 e. The van der Waals surface area contributed by atoms with Crippen molar-refractivity contribution < 1.29 is 28.7 Å². The second kappa shape index (κ2) is 10.3. The van der Waals surface area contributed by atoms with E-state index in [1.165, 1.54) is 0 Å². The fourth-order valence-corrected chi connectivity index (χ4v) is 4.56. The number of hydrogen-bond donors (Lipinski definition) is 3. The van der Waals surface area contributed by atoms with Gasteiger partial charge in [0.2, 0.25) is 17.7 Å². The van der Waals surface area contributed by atoms with Gasteiger partial charge in [0, 0.05) is 24.8 Å². The van der Waals surface area contributed by atoms with Crippen molar-refractivity contribution in [3.63, 3.8) is 0 Å². The van der Waals surface area contributed by atoms with E-state index in [0.29, 0.717) is 38.9 Å². The van der Waals surface area contributed by atoms with Gasteiger partial charge in [-0.25, -0.2) is 0 Å². The summed E-state index contributed by atoms with van der Waals surface area (Å²) in [5, 5.41) is 8.29. The molecule has 168 valence electrons. The summed E-state index contributed by atoms with van der Waals surface area (Å²) in [7, 11) is 0. The minimum Gasteiger partial charge on any atom is -0.356 e. The van der Waals surface area contributed by atoms with Gasteiger partial charge in [0.05, 0.1) is 19.3 Å². The highest BCUT2D eigenvalue weighted by molar-refractivity contribution is 5.89. The minimum atomic E-state index is -0.752. The summed E-state index contributed by atoms with van der Waals surface area (Å²) in [5.74, 6) is -0.460. The van der Waals surface area contributed by atoms with Crippen LogP contribution in [0.25, 0.3) is 0 Å². The zero-order chi connectivity index (χ0) is 21.7. The Labute approximate surface area is 177 Å². The molecule has 0 saturated carbocycles. The Morgan fingerprint density at radius 2 is 2.03 bits per heavy atom. The van der Waals surface area contributed by atoms with Crippen LogP contribution in [0.3, 0.4) is 0 Å². The molecule has 0 aromatic heterocycles. The quantitative estimate of drug-likeness (QED) is 0.429. The molecule has 3 heterocycles. The van der Waals surface area contributed by atoms with Gasteiger partial charge < -0.3 is 30.2 Å². The first-order chi connectivity index (χ1) is 14.4. The van der Waals surface area contributed by atoms with Crippen molar-refractivity contribution in [3.05, 3.63) is 0 Å². The summed E-state index contributed by atoms with van der Waals surface area (Å²) in [5.41, 5.74) is 0. The molecule has 0 spiro atoms. The normalized spacial score (nSPS) is 29.9. The molecule has 3 fully saturated rings. The molecule has 3 rings (SSSR count). The molecule has 9 nitrogen and oxygen atoms in total. The first kappa shape index (κ1) is 22.7. The van der Waals surface area contributed by atoms with Crippen molar-refractivity contribution >= 4 is 24.0 Å². The molecule has 0 aliphatic carbocycles. The highest BCUT2D eigenvalue weighted by Gasteiger charge is 2.42. The zero-order valence-corrected chi connectivity index (χ0v) is 17.7. The number of nitrogens with one attached hydrogen (secondary N) is 3. The lowest BCUT2D eigenvalue weighted by molar-refractivity contribution is -0.131. The Hall–Kier alpha value is -2.00. The molecule has 0 unspecified atom stereocenters. The molecule has 3 aliphatic heterocycles. The third-order valence-corrected chi connectivity index (χ3v) is 6.16. The van der Waals surface area contributed by atoms with Crippen LogP contribution in [0, 0.1) is 23.7 Å². The van der Waals surface area contributed by atoms with Crippen LogP contribution in [0.4, 0.5) is 0 Å². The Balaban J connectivity index is 1.54. The van der Waals surface area contributed by atoms with Crippen molar-refractivity contribution in [1.82, 2.24) is 16.0 Å². The lowest BCUT2D eigenvalue weighted by Crippen LogP contribution is -2.51. The van der Waals surface area contributed by atoms with Gasteiger partial charge in [-0.15, -0.1) is 0 Å². The first-order valence-electron chi connectivity index (χ1n) is 10.9. The summed E-state index contributed by atoms with van der Waals surface area (Å²) >= 11 is 0. The van der Waals surface area contributed by atoms with Gasteiger partial charge in [0.25, 0.3) is 0 Å². The van der Waals surface area contributed by atoms with Crippen LogP contribution in [-0.2, 0) is 28.7 Å². The van der Waals surface area contributed by atoms with E-state index >= 15 is 0 Å². The van der Waals surface area contributed by atoms with E-state index in [0.717, 1.165) is 6.42 Å². The predicted molar refractivity (Wildman–Crippen MR) is 107 cm³/mol. The summed E-state index contributed by atoms with van der Waals surface area (Å²) in [6.07, 6.45) is 3.00. The maximum atomic E-state index is 12.8. The van der Waals surface area contributed by atoms with E-state index < -0.39 is 18.0 Å². The number of amides is 3. The second-order valence-corrected chi connectivity index (χ2v) is 9.00. The van der Waals surface area contributed by atoms with E-state index in [2.05, 4.69) is 16.0 Å². The smallest absolute Gasteiger partial charge is 0.243 e. The Morgan fingerprint density at radius 1 is 1.23 bits per heavy atom. The molecular weight excluding hydrogens is 390 g/mol. The number of hydrogen-bond acceptors (Lipinski definition) is 6. The van der Waals surface area contributed by atoms with E-state index in [1.807, 2.05) is 13.8 Å². The molecule has 3 amide bonds. The molecule has 6 atom stereocenters. The molecule has 9 heteroatoms. The lowest BCUT2D eigenvalue weighted by Gasteiger charge is -2.24. The van der Waals surface area contributed by atoms with Crippen LogP contribution >= 0.6 is 0 Å². The summed E-state index contributed by atoms with van der Waals surface area (Å²) in [4.78, 5) is 48.7. The molecular formula is C21H33N3O6. The molecule has 0 radical (unpaired) electrons. The van der Waals surface area contributed by atoms with Crippen molar-refractivity contribution in [1.29, 1.82) is 0 Å². The van der Waals surface area contributed by atoms with Gasteiger partial charge in [-0.1, -0.05) is 13.8 Å². The maximum absolute atomic E-state index is 12.8. The van der Waals surface area contributed by atoms with E-state index in [9.17, 15) is 19.2 Å². The van der Waals surface area contributed by atoms with Crippen molar-refractivity contribution in [2.45, 2.75) is 64.3 Å². The maximum Gasteiger partial charge on any atom is 0.243 e. The van der Waals surface area contributed by atoms with Crippen molar-refractivity contribution in [2.24, 2.45) is 23.7 Å². The number of ether oxygens (including phenoxy) is 2. The van der Waals surface area contributed by atoms with Crippen molar-refractivity contribution in [3.8, 4) is 0 Å². The fourth-order valence-electron chi connectivity index (χ4n) is 4.56. The standard InChI is InChI=1S/C21H33N3O6/c1-12(2)7-17(20(28)23-15(10-25)8-13-3-5-22-19(13)27)24-18(26)9-14-11-30-21-16(14)4-6-29-21/h10,12-17,21H,3-9,11H2,1-2H3,(H,22,27)(H,23,28)(H,24,26)/t13-,14+,15-,16+,17-,21-/m0/s1. The van der Waals surface area contributed by atoms with Gasteiger partial charge in [-0.05, 0) is 37.5 Å². The summed E-state index contributed by atoms with van der Waals surface area (Å²) < 4.78 is 11.1. The number of fused-ring (bicyclic) bond motifs is 1. The SMILES string of the molecule is CC(C)C[C@H](NC(=O)C[C@@H]1CO[C@@H]2OCC[C@H]12)C(=O)N[C@H](C=O)C[C@@H]1CCNC1=O. The summed E-state index contributed by atoms with van der Waals surface area (Å²) in [6.45, 7) is 5.67. The molecule has 0 aromatic rings. The summed E-state index contributed by atoms with van der Waals surface area (Å²) in [6, 6.07) is -1.48. The molecule has 3 saturated heterocycles. The predicted octanol–water partition coefficient (Wildman–Crippen LogP) is 0.126. The molecule has 3 aliphatic rings.